The number of hydrogen-bond donors (Lipinski definition) is 2. The van der Waals surface area contributed by atoms with E-state index in [1.807, 2.05) is 37.3 Å². The number of halogens is 2. The summed E-state index contributed by atoms with van der Waals surface area (Å²) in [5.74, 6) is -1.72. The summed E-state index contributed by atoms with van der Waals surface area (Å²) in [4.78, 5) is 35.6. The Hall–Kier alpha value is -2.57. The Kier molecular flexibility index (Phi) is 7.64. The van der Waals surface area contributed by atoms with Gasteiger partial charge in [0.05, 0.1) is 16.6 Å². The molecule has 2 rings (SSSR count). The van der Waals surface area contributed by atoms with Crippen LogP contribution in [0.3, 0.4) is 0 Å². The van der Waals surface area contributed by atoms with Crippen molar-refractivity contribution in [1.29, 1.82) is 0 Å². The summed E-state index contributed by atoms with van der Waals surface area (Å²) in [6.07, 6.45) is 0. The van der Waals surface area contributed by atoms with Crippen LogP contribution in [-0.2, 0) is 14.3 Å². The molecule has 27 heavy (non-hydrogen) atoms. The molecule has 0 aliphatic rings. The molecular weight excluding hydrogens is 391 g/mol. The largest absolute Gasteiger partial charge is 0.454 e. The van der Waals surface area contributed by atoms with E-state index >= 15 is 0 Å². The number of benzene rings is 2. The Bertz CT molecular complexity index is 828. The zero-order valence-corrected chi connectivity index (χ0v) is 16.0. The Morgan fingerprint density at radius 1 is 1.07 bits per heavy atom. The molecule has 142 valence electrons. The summed E-state index contributed by atoms with van der Waals surface area (Å²) in [6, 6.07) is 13.6. The molecule has 2 aromatic rings. The third kappa shape index (κ3) is 6.58. The van der Waals surface area contributed by atoms with Crippen molar-refractivity contribution in [2.24, 2.45) is 0 Å². The van der Waals surface area contributed by atoms with Crippen molar-refractivity contribution >= 4 is 41.0 Å². The second-order valence-corrected chi connectivity index (χ2v) is 6.51. The van der Waals surface area contributed by atoms with E-state index in [0.29, 0.717) is 5.02 Å². The van der Waals surface area contributed by atoms with Crippen LogP contribution in [0.2, 0.25) is 10.0 Å². The number of hydrogen-bond acceptors (Lipinski definition) is 4. The van der Waals surface area contributed by atoms with Crippen molar-refractivity contribution in [3.63, 3.8) is 0 Å². The highest BCUT2D eigenvalue weighted by Gasteiger charge is 2.14. The van der Waals surface area contributed by atoms with E-state index in [2.05, 4.69) is 10.6 Å². The van der Waals surface area contributed by atoms with Crippen molar-refractivity contribution in [3.8, 4) is 0 Å². The van der Waals surface area contributed by atoms with Crippen LogP contribution in [0.15, 0.2) is 48.5 Å². The average molecular weight is 409 g/mol. The highest BCUT2D eigenvalue weighted by molar-refractivity contribution is 6.36. The van der Waals surface area contributed by atoms with E-state index in [-0.39, 0.29) is 23.2 Å². The van der Waals surface area contributed by atoms with Crippen LogP contribution in [0.1, 0.15) is 28.9 Å². The lowest BCUT2D eigenvalue weighted by atomic mass is 10.1. The SMILES string of the molecule is C[C@H](NC(=O)COC(=O)CNC(=O)c1ccc(Cl)cc1Cl)c1ccccc1. The van der Waals surface area contributed by atoms with Crippen LogP contribution in [0, 0.1) is 0 Å². The molecule has 0 bridgehead atoms. The quantitative estimate of drug-likeness (QED) is 0.689. The monoisotopic (exact) mass is 408 g/mol. The van der Waals surface area contributed by atoms with Gasteiger partial charge in [-0.25, -0.2) is 0 Å². The number of carbonyl (C=O) groups excluding carboxylic acids is 3. The van der Waals surface area contributed by atoms with Gasteiger partial charge in [-0.2, -0.15) is 0 Å². The summed E-state index contributed by atoms with van der Waals surface area (Å²) in [6.45, 7) is 0.998. The first-order chi connectivity index (χ1) is 12.9. The molecule has 1 atom stereocenters. The van der Waals surface area contributed by atoms with Gasteiger partial charge in [0, 0.05) is 5.02 Å². The molecule has 0 saturated heterocycles. The summed E-state index contributed by atoms with van der Waals surface area (Å²) >= 11 is 11.7. The average Bonchev–Trinajstić information content (AvgIpc) is 2.65. The third-order valence-electron chi connectivity index (χ3n) is 3.61. The highest BCUT2D eigenvalue weighted by atomic mass is 35.5. The van der Waals surface area contributed by atoms with Gasteiger partial charge in [0.1, 0.15) is 6.54 Å². The molecule has 6 nitrogen and oxygen atoms in total. The molecule has 2 amide bonds. The number of nitrogens with one attached hydrogen (secondary N) is 2. The second kappa shape index (κ2) is 9.94. The first kappa shape index (κ1) is 20.7. The maximum Gasteiger partial charge on any atom is 0.325 e. The number of carbonyl (C=O) groups is 3. The van der Waals surface area contributed by atoms with E-state index in [1.54, 1.807) is 0 Å². The van der Waals surface area contributed by atoms with Crippen molar-refractivity contribution in [1.82, 2.24) is 10.6 Å². The molecule has 0 unspecified atom stereocenters. The molecule has 0 aliphatic carbocycles. The van der Waals surface area contributed by atoms with Gasteiger partial charge in [-0.3, -0.25) is 14.4 Å². The second-order valence-electron chi connectivity index (χ2n) is 5.67. The smallest absolute Gasteiger partial charge is 0.325 e. The zero-order chi connectivity index (χ0) is 19.8. The van der Waals surface area contributed by atoms with E-state index in [0.717, 1.165) is 5.56 Å². The standard InChI is InChI=1S/C19H18Cl2N2O4/c1-12(13-5-3-2-4-6-13)23-17(24)11-27-18(25)10-22-19(26)15-8-7-14(20)9-16(15)21/h2-9,12H,10-11H2,1H3,(H,22,26)(H,23,24)/t12-/m0/s1. The molecule has 0 aromatic heterocycles. The Morgan fingerprint density at radius 3 is 2.44 bits per heavy atom. The molecule has 0 fully saturated rings. The van der Waals surface area contributed by atoms with Crippen LogP contribution in [-0.4, -0.2) is 30.9 Å². The minimum atomic E-state index is -0.740. The number of rotatable bonds is 7. The van der Waals surface area contributed by atoms with Gasteiger partial charge in [0.25, 0.3) is 11.8 Å². The van der Waals surface area contributed by atoms with Crippen LogP contribution in [0.4, 0.5) is 0 Å². The van der Waals surface area contributed by atoms with Crippen molar-refractivity contribution in [3.05, 3.63) is 69.7 Å². The summed E-state index contributed by atoms with van der Waals surface area (Å²) in [7, 11) is 0. The fraction of sp³-hybridized carbons (Fsp3) is 0.211. The molecule has 0 aliphatic heterocycles. The van der Waals surface area contributed by atoms with E-state index < -0.39 is 24.4 Å². The van der Waals surface area contributed by atoms with Crippen LogP contribution in [0.25, 0.3) is 0 Å². The number of amides is 2. The molecule has 0 spiro atoms. The van der Waals surface area contributed by atoms with Gasteiger partial charge in [-0.15, -0.1) is 0 Å². The summed E-state index contributed by atoms with van der Waals surface area (Å²) in [5.41, 5.74) is 1.12. The van der Waals surface area contributed by atoms with Gasteiger partial charge in [0.15, 0.2) is 6.61 Å². The van der Waals surface area contributed by atoms with Gasteiger partial charge < -0.3 is 15.4 Å². The molecule has 2 aromatic carbocycles. The van der Waals surface area contributed by atoms with Crippen molar-refractivity contribution in [2.45, 2.75) is 13.0 Å². The van der Waals surface area contributed by atoms with Crippen LogP contribution < -0.4 is 10.6 Å². The van der Waals surface area contributed by atoms with E-state index in [9.17, 15) is 14.4 Å². The molecule has 0 saturated carbocycles. The lowest BCUT2D eigenvalue weighted by Gasteiger charge is -2.14. The van der Waals surface area contributed by atoms with Crippen molar-refractivity contribution in [2.75, 3.05) is 13.2 Å². The Morgan fingerprint density at radius 2 is 1.78 bits per heavy atom. The van der Waals surface area contributed by atoms with Crippen LogP contribution in [0.5, 0.6) is 0 Å². The predicted octanol–water partition coefficient (Wildman–Crippen LogP) is 3.14. The topological polar surface area (TPSA) is 84.5 Å². The highest BCUT2D eigenvalue weighted by Crippen LogP contribution is 2.20. The summed E-state index contributed by atoms with van der Waals surface area (Å²) < 4.78 is 4.86. The number of ether oxygens (including phenoxy) is 1. The predicted molar refractivity (Wildman–Crippen MR) is 103 cm³/mol. The van der Waals surface area contributed by atoms with Gasteiger partial charge in [0.2, 0.25) is 0 Å². The van der Waals surface area contributed by atoms with E-state index in [4.69, 9.17) is 27.9 Å². The molecule has 0 heterocycles. The molecular formula is C19H18Cl2N2O4. The van der Waals surface area contributed by atoms with Crippen molar-refractivity contribution < 1.29 is 19.1 Å². The molecule has 0 radical (unpaired) electrons. The third-order valence-corrected chi connectivity index (χ3v) is 4.16. The Labute approximate surface area is 166 Å². The maximum absolute atomic E-state index is 12.0. The lowest BCUT2D eigenvalue weighted by Crippen LogP contribution is -2.34. The zero-order valence-electron chi connectivity index (χ0n) is 14.5. The first-order valence-electron chi connectivity index (χ1n) is 8.10. The lowest BCUT2D eigenvalue weighted by molar-refractivity contribution is -0.147. The van der Waals surface area contributed by atoms with Gasteiger partial charge in [-0.05, 0) is 30.7 Å². The first-order valence-corrected chi connectivity index (χ1v) is 8.85. The molecule has 8 heteroatoms. The maximum atomic E-state index is 12.0. The fourth-order valence-corrected chi connectivity index (χ4v) is 2.72. The summed E-state index contributed by atoms with van der Waals surface area (Å²) in [5, 5.41) is 5.66. The minimum Gasteiger partial charge on any atom is -0.454 e. The van der Waals surface area contributed by atoms with E-state index in [1.165, 1.54) is 18.2 Å². The van der Waals surface area contributed by atoms with Crippen LogP contribution >= 0.6 is 23.2 Å². The number of esters is 1. The Balaban J connectivity index is 1.74. The minimum absolute atomic E-state index is 0.169. The normalized spacial score (nSPS) is 11.4. The fourth-order valence-electron chi connectivity index (χ4n) is 2.23. The molecule has 2 N–H and O–H groups in total. The van der Waals surface area contributed by atoms with Gasteiger partial charge >= 0.3 is 5.97 Å². The van der Waals surface area contributed by atoms with Gasteiger partial charge in [-0.1, -0.05) is 53.5 Å².